The first-order valence-corrected chi connectivity index (χ1v) is 3.87. The van der Waals surface area contributed by atoms with Crippen molar-refractivity contribution in [1.82, 2.24) is 0 Å². The van der Waals surface area contributed by atoms with Gasteiger partial charge >= 0.3 is 0 Å². The Balaban J connectivity index is 3.31. The lowest BCUT2D eigenvalue weighted by atomic mass is 10.2. The maximum Gasteiger partial charge on any atom is 0.139 e. The van der Waals surface area contributed by atoms with Gasteiger partial charge in [0, 0.05) is 6.07 Å². The van der Waals surface area contributed by atoms with E-state index in [1.165, 1.54) is 6.07 Å². The molecule has 0 unspecified atom stereocenters. The van der Waals surface area contributed by atoms with Gasteiger partial charge in [0.25, 0.3) is 0 Å². The lowest BCUT2D eigenvalue weighted by molar-refractivity contribution is 0.620. The summed E-state index contributed by atoms with van der Waals surface area (Å²) in [4.78, 5) is 3.62. The van der Waals surface area contributed by atoms with Crippen molar-refractivity contribution in [2.24, 2.45) is 4.99 Å². The van der Waals surface area contributed by atoms with Crippen LogP contribution in [0.5, 0.6) is 0 Å². The molecule has 0 aliphatic heterocycles. The van der Waals surface area contributed by atoms with E-state index in [0.717, 1.165) is 5.56 Å². The van der Waals surface area contributed by atoms with E-state index >= 15 is 0 Å². The number of aryl methyl sites for hydroxylation is 1. The molecule has 0 radical (unpaired) electrons. The number of nitrogens with zero attached hydrogens (tertiary/aromatic N) is 1. The van der Waals surface area contributed by atoms with Gasteiger partial charge in [0.1, 0.15) is 5.82 Å². The first-order valence-electron chi connectivity index (χ1n) is 3.07. The second kappa shape index (κ2) is 3.13. The van der Waals surface area contributed by atoms with Gasteiger partial charge in [0.15, 0.2) is 0 Å². The zero-order chi connectivity index (χ0) is 8.43. The van der Waals surface area contributed by atoms with Gasteiger partial charge in [-0.05, 0) is 41.2 Å². The summed E-state index contributed by atoms with van der Waals surface area (Å²) in [5, 5.41) is 0. The highest BCUT2D eigenvalue weighted by molar-refractivity contribution is 9.10. The molecule has 0 fully saturated rings. The molecule has 1 nitrogen and oxygen atoms in total. The standard InChI is InChI=1S/C8H7BrFN/c1-5-3-6(11-2)4-7(10)8(5)9/h3-4H,2H2,1H3. The maximum atomic E-state index is 12.9. The van der Waals surface area contributed by atoms with E-state index in [2.05, 4.69) is 27.6 Å². The molecular weight excluding hydrogens is 209 g/mol. The number of halogens is 2. The average Bonchev–Trinajstić information content (AvgIpc) is 1.99. The zero-order valence-electron chi connectivity index (χ0n) is 6.06. The van der Waals surface area contributed by atoms with Crippen molar-refractivity contribution >= 4 is 28.3 Å². The van der Waals surface area contributed by atoms with Gasteiger partial charge in [-0.25, -0.2) is 4.39 Å². The Kier molecular flexibility index (Phi) is 2.39. The molecule has 0 aromatic heterocycles. The molecule has 11 heavy (non-hydrogen) atoms. The summed E-state index contributed by atoms with van der Waals surface area (Å²) in [7, 11) is 0. The van der Waals surface area contributed by atoms with Gasteiger partial charge in [-0.15, -0.1) is 0 Å². The van der Waals surface area contributed by atoms with Gasteiger partial charge in [-0.2, -0.15) is 0 Å². The van der Waals surface area contributed by atoms with Crippen molar-refractivity contribution in [3.05, 3.63) is 28.0 Å². The van der Waals surface area contributed by atoms with E-state index in [4.69, 9.17) is 0 Å². The molecule has 0 atom stereocenters. The van der Waals surface area contributed by atoms with Crippen molar-refractivity contribution in [3.8, 4) is 0 Å². The van der Waals surface area contributed by atoms with Crippen LogP contribution in [-0.2, 0) is 0 Å². The second-order valence-corrected chi connectivity index (χ2v) is 3.01. The third-order valence-electron chi connectivity index (χ3n) is 1.38. The molecule has 0 saturated heterocycles. The highest BCUT2D eigenvalue weighted by Gasteiger charge is 2.03. The Hall–Kier alpha value is -0.700. The van der Waals surface area contributed by atoms with E-state index in [0.29, 0.717) is 10.2 Å². The zero-order valence-corrected chi connectivity index (χ0v) is 7.65. The van der Waals surface area contributed by atoms with Crippen LogP contribution < -0.4 is 0 Å². The quantitative estimate of drug-likeness (QED) is 0.639. The van der Waals surface area contributed by atoms with E-state index in [9.17, 15) is 4.39 Å². The van der Waals surface area contributed by atoms with Crippen LogP contribution in [0.25, 0.3) is 0 Å². The Morgan fingerprint density at radius 1 is 1.55 bits per heavy atom. The monoisotopic (exact) mass is 215 g/mol. The van der Waals surface area contributed by atoms with Crippen molar-refractivity contribution in [2.45, 2.75) is 6.92 Å². The first kappa shape index (κ1) is 8.40. The maximum absolute atomic E-state index is 12.9. The molecule has 1 rings (SSSR count). The minimum absolute atomic E-state index is 0.299. The van der Waals surface area contributed by atoms with Crippen molar-refractivity contribution in [1.29, 1.82) is 0 Å². The van der Waals surface area contributed by atoms with Crippen LogP contribution in [0.3, 0.4) is 0 Å². The third-order valence-corrected chi connectivity index (χ3v) is 2.38. The number of hydrogen-bond acceptors (Lipinski definition) is 1. The summed E-state index contributed by atoms with van der Waals surface area (Å²) in [5.41, 5.74) is 1.38. The third kappa shape index (κ3) is 1.66. The van der Waals surface area contributed by atoms with Crippen molar-refractivity contribution in [3.63, 3.8) is 0 Å². The molecule has 1 aromatic rings. The summed E-state index contributed by atoms with van der Waals surface area (Å²) in [6.07, 6.45) is 0. The lowest BCUT2D eigenvalue weighted by Crippen LogP contribution is -1.81. The molecule has 0 heterocycles. The van der Waals surface area contributed by atoms with Crippen LogP contribution in [0, 0.1) is 12.7 Å². The molecule has 3 heteroatoms. The molecule has 58 valence electrons. The van der Waals surface area contributed by atoms with E-state index in [1.54, 1.807) is 6.07 Å². The Bertz CT molecular complexity index is 273. The van der Waals surface area contributed by atoms with E-state index in [1.807, 2.05) is 6.92 Å². The summed E-state index contributed by atoms with van der Waals surface area (Å²) < 4.78 is 13.4. The summed E-state index contributed by atoms with van der Waals surface area (Å²) in [6, 6.07) is 3.10. The molecule has 0 amide bonds. The SMILES string of the molecule is C=Nc1cc(C)c(Br)c(F)c1. The van der Waals surface area contributed by atoms with Gasteiger partial charge in [0.05, 0.1) is 10.2 Å². The minimum atomic E-state index is -0.299. The minimum Gasteiger partial charge on any atom is -0.265 e. The molecule has 0 spiro atoms. The molecule has 0 bridgehead atoms. The van der Waals surface area contributed by atoms with Crippen LogP contribution in [0.2, 0.25) is 0 Å². The predicted molar refractivity (Wildman–Crippen MR) is 48.0 cm³/mol. The van der Waals surface area contributed by atoms with Crippen LogP contribution in [0.4, 0.5) is 10.1 Å². The number of hydrogen-bond donors (Lipinski definition) is 0. The molecule has 0 N–H and O–H groups in total. The van der Waals surface area contributed by atoms with E-state index in [-0.39, 0.29) is 5.82 Å². The fourth-order valence-corrected chi connectivity index (χ4v) is 1.03. The first-order chi connectivity index (χ1) is 5.15. The van der Waals surface area contributed by atoms with Gasteiger partial charge in [-0.1, -0.05) is 0 Å². The average molecular weight is 216 g/mol. The Morgan fingerprint density at radius 2 is 2.18 bits per heavy atom. The highest BCUT2D eigenvalue weighted by atomic mass is 79.9. The molecule has 0 aliphatic rings. The largest absolute Gasteiger partial charge is 0.265 e. The fourth-order valence-electron chi connectivity index (χ4n) is 0.800. The summed E-state index contributed by atoms with van der Waals surface area (Å²) >= 11 is 3.11. The number of benzene rings is 1. The highest BCUT2D eigenvalue weighted by Crippen LogP contribution is 2.25. The molecule has 0 saturated carbocycles. The summed E-state index contributed by atoms with van der Waals surface area (Å²) in [6.45, 7) is 5.12. The number of aliphatic imine (C=N–C) groups is 1. The Labute approximate surface area is 73.1 Å². The molecular formula is C8H7BrFN. The van der Waals surface area contributed by atoms with Crippen molar-refractivity contribution < 1.29 is 4.39 Å². The van der Waals surface area contributed by atoms with Gasteiger partial charge in [-0.3, -0.25) is 4.99 Å². The van der Waals surface area contributed by atoms with Crippen LogP contribution in [0.1, 0.15) is 5.56 Å². The van der Waals surface area contributed by atoms with Crippen molar-refractivity contribution in [2.75, 3.05) is 0 Å². The van der Waals surface area contributed by atoms with Crippen LogP contribution in [0.15, 0.2) is 21.6 Å². The Morgan fingerprint density at radius 3 is 2.64 bits per heavy atom. The lowest BCUT2D eigenvalue weighted by Gasteiger charge is -2.00. The van der Waals surface area contributed by atoms with Gasteiger partial charge in [0.2, 0.25) is 0 Å². The fraction of sp³-hybridized carbons (Fsp3) is 0.125. The molecule has 0 aliphatic carbocycles. The smallest absolute Gasteiger partial charge is 0.139 e. The number of rotatable bonds is 1. The predicted octanol–water partition coefficient (Wildman–Crippen LogP) is 3.23. The van der Waals surface area contributed by atoms with Crippen LogP contribution in [-0.4, -0.2) is 6.72 Å². The summed E-state index contributed by atoms with van der Waals surface area (Å²) in [5.74, 6) is -0.299. The second-order valence-electron chi connectivity index (χ2n) is 2.22. The normalized spacial score (nSPS) is 9.73. The van der Waals surface area contributed by atoms with E-state index < -0.39 is 0 Å². The van der Waals surface area contributed by atoms with Crippen LogP contribution >= 0.6 is 15.9 Å². The topological polar surface area (TPSA) is 12.4 Å². The molecule has 1 aromatic carbocycles. The van der Waals surface area contributed by atoms with Gasteiger partial charge < -0.3 is 0 Å².